The van der Waals surface area contributed by atoms with Crippen molar-refractivity contribution in [3.05, 3.63) is 52.1 Å². The molecular weight excluding hydrogens is 326 g/mol. The predicted molar refractivity (Wildman–Crippen MR) is 92.1 cm³/mol. The first-order chi connectivity index (χ1) is 11.6. The highest BCUT2D eigenvalue weighted by atomic mass is 32.1. The number of hydrogen-bond donors (Lipinski definition) is 0. The highest BCUT2D eigenvalue weighted by molar-refractivity contribution is 7.12. The van der Waals surface area contributed by atoms with E-state index in [-0.39, 0.29) is 24.2 Å². The van der Waals surface area contributed by atoms with Crippen LogP contribution in [0.15, 0.2) is 41.0 Å². The summed E-state index contributed by atoms with van der Waals surface area (Å²) >= 11 is 1.64. The fraction of sp³-hybridized carbons (Fsp3) is 0.333. The minimum Gasteiger partial charge on any atom is -0.461 e. The van der Waals surface area contributed by atoms with E-state index in [4.69, 9.17) is 9.15 Å². The number of furan rings is 1. The lowest BCUT2D eigenvalue weighted by atomic mass is 10.1. The number of rotatable bonds is 5. The van der Waals surface area contributed by atoms with E-state index in [1.54, 1.807) is 34.4 Å². The van der Waals surface area contributed by atoms with Crippen molar-refractivity contribution in [2.45, 2.75) is 19.4 Å². The Morgan fingerprint density at radius 1 is 1.38 bits per heavy atom. The molecule has 3 rings (SSSR count). The lowest BCUT2D eigenvalue weighted by Gasteiger charge is -2.34. The highest BCUT2D eigenvalue weighted by Crippen LogP contribution is 2.18. The molecule has 2 aromatic rings. The van der Waals surface area contributed by atoms with Gasteiger partial charge in [0.15, 0.2) is 11.5 Å². The predicted octanol–water partition coefficient (Wildman–Crippen LogP) is 3.16. The zero-order chi connectivity index (χ0) is 16.9. The molecule has 2 aromatic heterocycles. The maximum absolute atomic E-state index is 12.5. The van der Waals surface area contributed by atoms with E-state index < -0.39 is 0 Å². The van der Waals surface area contributed by atoms with E-state index in [9.17, 15) is 9.59 Å². The standard InChI is InChI=1S/C18H19NO4S/c1-13-4-5-15(24-13)6-7-18(21)19-8-10-22-12-14(19)11-16(20)17-3-2-9-23-17/h2-7,9,14H,8,10-12H2,1H3. The quantitative estimate of drug-likeness (QED) is 0.617. The number of hydrogen-bond acceptors (Lipinski definition) is 5. The minimum absolute atomic E-state index is 0.0957. The van der Waals surface area contributed by atoms with Crippen LogP contribution in [0, 0.1) is 6.92 Å². The Bertz CT molecular complexity index is 732. The molecule has 24 heavy (non-hydrogen) atoms. The second kappa shape index (κ2) is 7.59. The molecule has 1 aliphatic heterocycles. The Kier molecular flexibility index (Phi) is 5.27. The van der Waals surface area contributed by atoms with Gasteiger partial charge in [0.2, 0.25) is 5.91 Å². The number of morpholine rings is 1. The molecule has 0 bridgehead atoms. The van der Waals surface area contributed by atoms with Gasteiger partial charge in [-0.1, -0.05) is 0 Å². The first-order valence-corrected chi connectivity index (χ1v) is 8.64. The Balaban J connectivity index is 1.66. The van der Waals surface area contributed by atoms with E-state index in [0.29, 0.717) is 25.5 Å². The van der Waals surface area contributed by atoms with Crippen LogP contribution in [0.3, 0.4) is 0 Å². The Morgan fingerprint density at radius 2 is 2.25 bits per heavy atom. The van der Waals surface area contributed by atoms with Crippen molar-refractivity contribution in [1.82, 2.24) is 4.90 Å². The molecule has 1 saturated heterocycles. The lowest BCUT2D eigenvalue weighted by molar-refractivity contribution is -0.134. The van der Waals surface area contributed by atoms with Crippen LogP contribution in [0.5, 0.6) is 0 Å². The van der Waals surface area contributed by atoms with E-state index in [2.05, 4.69) is 0 Å². The Morgan fingerprint density at radius 3 is 2.96 bits per heavy atom. The second-order valence-electron chi connectivity index (χ2n) is 5.65. The van der Waals surface area contributed by atoms with Crippen molar-refractivity contribution in [2.75, 3.05) is 19.8 Å². The largest absolute Gasteiger partial charge is 0.461 e. The van der Waals surface area contributed by atoms with Crippen LogP contribution in [0.4, 0.5) is 0 Å². The van der Waals surface area contributed by atoms with Crippen LogP contribution in [-0.4, -0.2) is 42.4 Å². The number of thiophene rings is 1. The van der Waals surface area contributed by atoms with Crippen LogP contribution < -0.4 is 0 Å². The van der Waals surface area contributed by atoms with Gasteiger partial charge in [0.05, 0.1) is 25.5 Å². The number of aryl methyl sites for hydroxylation is 1. The number of amides is 1. The summed E-state index contributed by atoms with van der Waals surface area (Å²) in [6.45, 7) is 3.37. The molecule has 0 N–H and O–H groups in total. The van der Waals surface area contributed by atoms with Gasteiger partial charge in [0, 0.05) is 28.8 Å². The van der Waals surface area contributed by atoms with Crippen molar-refractivity contribution in [1.29, 1.82) is 0 Å². The third kappa shape index (κ3) is 4.01. The van der Waals surface area contributed by atoms with Gasteiger partial charge in [0.1, 0.15) is 0 Å². The van der Waals surface area contributed by atoms with Gasteiger partial charge in [0.25, 0.3) is 0 Å². The fourth-order valence-corrected chi connectivity index (χ4v) is 3.44. The highest BCUT2D eigenvalue weighted by Gasteiger charge is 2.29. The number of Topliss-reactive ketones (excluding diaryl/α,β-unsaturated/α-hetero) is 1. The van der Waals surface area contributed by atoms with Crippen molar-refractivity contribution < 1.29 is 18.7 Å². The van der Waals surface area contributed by atoms with Crippen molar-refractivity contribution in [3.8, 4) is 0 Å². The van der Waals surface area contributed by atoms with Gasteiger partial charge in [-0.3, -0.25) is 9.59 Å². The molecule has 0 radical (unpaired) electrons. The Labute approximate surface area is 144 Å². The Hall–Kier alpha value is -2.18. The maximum Gasteiger partial charge on any atom is 0.247 e. The van der Waals surface area contributed by atoms with Crippen LogP contribution in [0.2, 0.25) is 0 Å². The number of carbonyl (C=O) groups is 2. The maximum atomic E-state index is 12.5. The van der Waals surface area contributed by atoms with E-state index in [1.165, 1.54) is 11.1 Å². The molecule has 1 fully saturated rings. The molecule has 0 aromatic carbocycles. The monoisotopic (exact) mass is 345 g/mol. The van der Waals surface area contributed by atoms with Gasteiger partial charge in [-0.15, -0.1) is 11.3 Å². The summed E-state index contributed by atoms with van der Waals surface area (Å²) in [5, 5.41) is 0. The van der Waals surface area contributed by atoms with Crippen LogP contribution >= 0.6 is 11.3 Å². The van der Waals surface area contributed by atoms with Crippen molar-refractivity contribution in [2.24, 2.45) is 0 Å². The number of ether oxygens (including phenoxy) is 1. The van der Waals surface area contributed by atoms with Gasteiger partial charge >= 0.3 is 0 Å². The van der Waals surface area contributed by atoms with Gasteiger partial charge in [-0.25, -0.2) is 0 Å². The number of carbonyl (C=O) groups excluding carboxylic acids is 2. The molecule has 5 nitrogen and oxygen atoms in total. The summed E-state index contributed by atoms with van der Waals surface area (Å²) in [5.74, 6) is 0.102. The summed E-state index contributed by atoms with van der Waals surface area (Å²) in [5.41, 5.74) is 0. The van der Waals surface area contributed by atoms with Crippen LogP contribution in [0.1, 0.15) is 26.7 Å². The van der Waals surface area contributed by atoms with Gasteiger partial charge in [-0.05, 0) is 37.3 Å². The smallest absolute Gasteiger partial charge is 0.247 e. The molecular formula is C18H19NO4S. The van der Waals surface area contributed by atoms with Crippen molar-refractivity contribution >= 4 is 29.1 Å². The summed E-state index contributed by atoms with van der Waals surface area (Å²) < 4.78 is 10.6. The second-order valence-corrected chi connectivity index (χ2v) is 6.97. The molecule has 1 amide bonds. The average molecular weight is 345 g/mol. The first kappa shape index (κ1) is 16.7. The first-order valence-electron chi connectivity index (χ1n) is 7.83. The third-order valence-electron chi connectivity index (χ3n) is 3.88. The number of nitrogens with zero attached hydrogens (tertiary/aromatic N) is 1. The zero-order valence-corrected chi connectivity index (χ0v) is 14.3. The van der Waals surface area contributed by atoms with Crippen LogP contribution in [0.25, 0.3) is 6.08 Å². The average Bonchev–Trinajstić information content (AvgIpc) is 3.25. The summed E-state index contributed by atoms with van der Waals surface area (Å²) in [6, 6.07) is 7.06. The summed E-state index contributed by atoms with van der Waals surface area (Å²) in [4.78, 5) is 28.7. The molecule has 6 heteroatoms. The van der Waals surface area contributed by atoms with Gasteiger partial charge in [-0.2, -0.15) is 0 Å². The molecule has 1 aliphatic rings. The third-order valence-corrected chi connectivity index (χ3v) is 4.84. The van der Waals surface area contributed by atoms with E-state index in [1.807, 2.05) is 25.1 Å². The minimum atomic E-state index is -0.265. The molecule has 1 unspecified atom stereocenters. The van der Waals surface area contributed by atoms with Crippen LogP contribution in [-0.2, 0) is 9.53 Å². The topological polar surface area (TPSA) is 59.8 Å². The SMILES string of the molecule is Cc1ccc(C=CC(=O)N2CCOCC2CC(=O)c2ccco2)s1. The molecule has 0 spiro atoms. The van der Waals surface area contributed by atoms with Crippen molar-refractivity contribution in [3.63, 3.8) is 0 Å². The molecule has 126 valence electrons. The van der Waals surface area contributed by atoms with E-state index in [0.717, 1.165) is 4.88 Å². The zero-order valence-electron chi connectivity index (χ0n) is 13.4. The van der Waals surface area contributed by atoms with E-state index >= 15 is 0 Å². The molecule has 0 aliphatic carbocycles. The summed E-state index contributed by atoms with van der Waals surface area (Å²) in [6.07, 6.45) is 5.06. The number of ketones is 1. The molecule has 1 atom stereocenters. The summed E-state index contributed by atoms with van der Waals surface area (Å²) in [7, 11) is 0. The lowest BCUT2D eigenvalue weighted by Crippen LogP contribution is -2.49. The fourth-order valence-electron chi connectivity index (χ4n) is 2.66. The molecule has 3 heterocycles. The van der Waals surface area contributed by atoms with Gasteiger partial charge < -0.3 is 14.1 Å². The molecule has 0 saturated carbocycles. The normalized spacial score (nSPS) is 18.2.